The number of hydrogen-bond donors (Lipinski definition) is 0. The Bertz CT molecular complexity index is 1880. The van der Waals surface area contributed by atoms with Gasteiger partial charge in [-0.15, -0.1) is 0 Å². The van der Waals surface area contributed by atoms with Gasteiger partial charge in [0, 0.05) is 0 Å². The molecular formula is C50H65Cl2SiZr. The Morgan fingerprint density at radius 1 is 0.537 bits per heavy atom. The van der Waals surface area contributed by atoms with Crippen LogP contribution in [0.1, 0.15) is 147 Å². The van der Waals surface area contributed by atoms with E-state index in [2.05, 4.69) is 166 Å². The molecule has 0 aliphatic heterocycles. The molecule has 0 nitrogen and oxygen atoms in total. The van der Waals surface area contributed by atoms with E-state index >= 15 is 0 Å². The van der Waals surface area contributed by atoms with Crippen LogP contribution >= 0.6 is 17.0 Å². The number of unbranched alkanes of at least 4 members (excludes halogenated alkanes) is 4. The summed E-state index contributed by atoms with van der Waals surface area (Å²) in [7, 11) is 17.8. The SMILES string of the molecule is CCCCCC1=Cc2c(-c3ccc(C(C)(C)C)cc3)cccc2[CH]1[Zr]([Cl])([Cl])([CH]1C(CCCCC)=Cc2c(-c3ccc(C(C)(C)C)cc3)cccc21)[SiH](C)C. The fraction of sp³-hybridized carbons (Fsp3) is 0.440. The van der Waals surface area contributed by atoms with Gasteiger partial charge in [-0.2, -0.15) is 0 Å². The van der Waals surface area contributed by atoms with Crippen molar-refractivity contribution in [2.45, 2.75) is 138 Å². The van der Waals surface area contributed by atoms with Gasteiger partial charge < -0.3 is 0 Å². The fourth-order valence-corrected chi connectivity index (χ4v) is 41.0. The molecule has 2 aliphatic rings. The van der Waals surface area contributed by atoms with Crippen LogP contribution in [0.3, 0.4) is 0 Å². The van der Waals surface area contributed by atoms with Crippen molar-refractivity contribution >= 4 is 35.1 Å². The molecule has 0 heterocycles. The van der Waals surface area contributed by atoms with Gasteiger partial charge in [-0.3, -0.25) is 0 Å². The summed E-state index contributed by atoms with van der Waals surface area (Å²) < 4.78 is 0.227. The van der Waals surface area contributed by atoms with Gasteiger partial charge in [0.1, 0.15) is 0 Å². The standard InChI is InChI=1S/2C24H29.C2H7Si.2ClH.Zr/c2*1-5-6-7-9-18-16-20-10-8-11-22(23(20)17-18)19-12-14-21(15-13-19)24(2,3)4;1-3-2;;;/h2*8,10-17H,5-7,9H2,1-4H3;3H,1-2H3;2*1H;/q;;;;;+2/p-2. The molecule has 0 bridgehead atoms. The third-order valence-corrected chi connectivity index (χ3v) is 64.6. The first-order chi connectivity index (χ1) is 25.5. The van der Waals surface area contributed by atoms with E-state index < -0.39 is 21.5 Å². The molecule has 0 aromatic heterocycles. The summed E-state index contributed by atoms with van der Waals surface area (Å²) in [6.07, 6.45) is 14.4. The van der Waals surface area contributed by atoms with Crippen molar-refractivity contribution in [2.24, 2.45) is 0 Å². The molecule has 0 N–H and O–H groups in total. The first-order valence-corrected chi connectivity index (χ1v) is 37.3. The quantitative estimate of drug-likeness (QED) is 0.0928. The maximum atomic E-state index is 8.91. The number of fused-ring (bicyclic) bond motifs is 2. The second kappa shape index (κ2) is 16.1. The summed E-state index contributed by atoms with van der Waals surface area (Å²) in [4.78, 5) is 0. The molecule has 0 amide bonds. The van der Waals surface area contributed by atoms with E-state index in [1.165, 1.54) is 105 Å². The molecule has 4 aromatic rings. The summed E-state index contributed by atoms with van der Waals surface area (Å²) >= 11 is -4.92. The van der Waals surface area contributed by atoms with Crippen LogP contribution in [0.25, 0.3) is 34.4 Å². The second-order valence-corrected chi connectivity index (χ2v) is 61.4. The molecule has 0 saturated heterocycles. The van der Waals surface area contributed by atoms with Gasteiger partial charge in [-0.25, -0.2) is 0 Å². The summed E-state index contributed by atoms with van der Waals surface area (Å²) in [5.74, 6) is -1.67. The molecule has 6 rings (SSSR count). The minimum atomic E-state index is -4.92. The van der Waals surface area contributed by atoms with E-state index in [1.54, 1.807) is 0 Å². The average molecular weight is 856 g/mol. The van der Waals surface area contributed by atoms with Crippen molar-refractivity contribution in [1.82, 2.24) is 0 Å². The second-order valence-electron chi connectivity index (χ2n) is 18.9. The molecule has 2 unspecified atom stereocenters. The van der Waals surface area contributed by atoms with Crippen molar-refractivity contribution in [3.63, 3.8) is 0 Å². The zero-order valence-corrected chi connectivity index (χ0v) is 40.0. The molecule has 4 heteroatoms. The first-order valence-electron chi connectivity index (χ1n) is 21.0. The van der Waals surface area contributed by atoms with Gasteiger partial charge in [0.05, 0.1) is 0 Å². The molecular weight excluding hydrogens is 791 g/mol. The van der Waals surface area contributed by atoms with E-state index in [-0.39, 0.29) is 18.1 Å². The predicted octanol–water partition coefficient (Wildman–Crippen LogP) is 16.3. The Morgan fingerprint density at radius 2 is 0.907 bits per heavy atom. The van der Waals surface area contributed by atoms with E-state index in [9.17, 15) is 0 Å². The normalized spacial score (nSPS) is 17.9. The number of rotatable bonds is 13. The van der Waals surface area contributed by atoms with Crippen molar-refractivity contribution in [1.29, 1.82) is 0 Å². The van der Waals surface area contributed by atoms with Crippen LogP contribution in [0.5, 0.6) is 0 Å². The first kappa shape index (κ1) is 41.7. The van der Waals surface area contributed by atoms with Crippen LogP contribution < -0.4 is 0 Å². The molecule has 0 radical (unpaired) electrons. The third kappa shape index (κ3) is 7.82. The Balaban J connectivity index is 1.55. The average Bonchev–Trinajstić information content (AvgIpc) is 3.71. The Labute approximate surface area is 337 Å². The molecule has 4 aromatic carbocycles. The molecule has 0 saturated carbocycles. The summed E-state index contributed by atoms with van der Waals surface area (Å²) in [6, 6.07) is 32.6. The molecule has 0 fully saturated rings. The van der Waals surface area contributed by atoms with Crippen LogP contribution in [0.2, 0.25) is 13.1 Å². The van der Waals surface area contributed by atoms with E-state index in [1.807, 2.05) is 0 Å². The molecule has 54 heavy (non-hydrogen) atoms. The van der Waals surface area contributed by atoms with Crippen molar-refractivity contribution in [3.05, 3.63) is 129 Å². The van der Waals surface area contributed by atoms with Gasteiger partial charge in [0.25, 0.3) is 0 Å². The number of hydrogen-bond acceptors (Lipinski definition) is 0. The minimum absolute atomic E-state index is 0.113. The summed E-state index contributed by atoms with van der Waals surface area (Å²) in [5.41, 5.74) is 16.6. The third-order valence-electron chi connectivity index (χ3n) is 12.8. The number of halogens is 2. The Morgan fingerprint density at radius 3 is 1.22 bits per heavy atom. The van der Waals surface area contributed by atoms with Crippen molar-refractivity contribution in [3.8, 4) is 22.3 Å². The van der Waals surface area contributed by atoms with Gasteiger partial charge in [-0.05, 0) is 0 Å². The summed E-state index contributed by atoms with van der Waals surface area (Å²) in [5, 5.41) is 0. The van der Waals surface area contributed by atoms with Gasteiger partial charge in [-0.1, -0.05) is 0 Å². The molecule has 2 aliphatic carbocycles. The van der Waals surface area contributed by atoms with E-state index in [0.717, 1.165) is 12.8 Å². The van der Waals surface area contributed by atoms with Crippen LogP contribution in [0.4, 0.5) is 0 Å². The van der Waals surface area contributed by atoms with E-state index in [4.69, 9.17) is 17.0 Å². The van der Waals surface area contributed by atoms with E-state index in [0.29, 0.717) is 0 Å². The zero-order valence-electron chi connectivity index (χ0n) is 34.9. The summed E-state index contributed by atoms with van der Waals surface area (Å²) in [6.45, 7) is 23.4. The van der Waals surface area contributed by atoms with Crippen LogP contribution in [0, 0.1) is 0 Å². The fourth-order valence-electron chi connectivity index (χ4n) is 9.46. The zero-order chi connectivity index (χ0) is 39.1. The Hall–Kier alpha value is -1.96. The topological polar surface area (TPSA) is 0 Å². The van der Waals surface area contributed by atoms with Crippen LogP contribution in [0.15, 0.2) is 96.1 Å². The molecule has 2 atom stereocenters. The van der Waals surface area contributed by atoms with Crippen molar-refractivity contribution < 1.29 is 15.6 Å². The van der Waals surface area contributed by atoms with Gasteiger partial charge >= 0.3 is 340 Å². The van der Waals surface area contributed by atoms with Crippen LogP contribution in [-0.4, -0.2) is 5.92 Å². The monoisotopic (exact) mass is 853 g/mol. The Kier molecular flexibility index (Phi) is 12.4. The van der Waals surface area contributed by atoms with Gasteiger partial charge in [0.2, 0.25) is 0 Å². The predicted molar refractivity (Wildman–Crippen MR) is 241 cm³/mol. The maximum absolute atomic E-state index is 8.91. The number of allylic oxidation sites excluding steroid dienone is 2. The molecule has 0 spiro atoms. The van der Waals surface area contributed by atoms with Gasteiger partial charge in [0.15, 0.2) is 0 Å². The van der Waals surface area contributed by atoms with Crippen molar-refractivity contribution in [2.75, 3.05) is 0 Å². The van der Waals surface area contributed by atoms with Crippen LogP contribution in [-0.2, 0) is 26.4 Å². The molecule has 287 valence electrons. The number of benzene rings is 4.